The number of esters is 1. The van der Waals surface area contributed by atoms with Crippen molar-refractivity contribution in [3.8, 4) is 5.75 Å². The van der Waals surface area contributed by atoms with E-state index in [0.717, 1.165) is 32.1 Å². The van der Waals surface area contributed by atoms with Gasteiger partial charge in [0.2, 0.25) is 0 Å². The summed E-state index contributed by atoms with van der Waals surface area (Å²) in [5.74, 6) is 1.39. The molecule has 2 aromatic heterocycles. The molecule has 0 bridgehead atoms. The van der Waals surface area contributed by atoms with Gasteiger partial charge in [-0.25, -0.2) is 4.98 Å². The van der Waals surface area contributed by atoms with E-state index in [1.54, 1.807) is 0 Å². The number of methoxy groups -OCH3 is 1. The zero-order valence-electron chi connectivity index (χ0n) is 18.4. The smallest absolute Gasteiger partial charge is 0.308 e. The fourth-order valence-corrected chi connectivity index (χ4v) is 4.04. The van der Waals surface area contributed by atoms with Crippen LogP contribution in [0.5, 0.6) is 5.75 Å². The van der Waals surface area contributed by atoms with Gasteiger partial charge >= 0.3 is 5.97 Å². The van der Waals surface area contributed by atoms with E-state index in [1.807, 2.05) is 29.7 Å². The lowest BCUT2D eigenvalue weighted by Crippen LogP contribution is -2.33. The van der Waals surface area contributed by atoms with E-state index in [-0.39, 0.29) is 17.8 Å². The highest BCUT2D eigenvalue weighted by molar-refractivity contribution is 5.95. The SMILES string of the molecule is COC(=O)C1CCC(CNC(=O)c2c(C)nc3c(OCCC(C)C)cccn23)CC1. The first-order valence-electron chi connectivity index (χ1n) is 10.9. The van der Waals surface area contributed by atoms with Crippen LogP contribution >= 0.6 is 0 Å². The largest absolute Gasteiger partial charge is 0.490 e. The molecule has 3 rings (SSSR count). The standard InChI is InChI=1S/C23H33N3O4/c1-15(2)11-13-30-19-6-5-12-26-20(16(3)25-21(19)26)22(27)24-14-17-7-9-18(10-8-17)23(28)29-4/h5-6,12,15,17-18H,7-11,13-14H2,1-4H3,(H,24,27). The molecule has 0 aliphatic heterocycles. The highest BCUT2D eigenvalue weighted by Gasteiger charge is 2.27. The quantitative estimate of drug-likeness (QED) is 0.664. The zero-order valence-corrected chi connectivity index (χ0v) is 18.4. The van der Waals surface area contributed by atoms with E-state index in [9.17, 15) is 9.59 Å². The number of fused-ring (bicyclic) bond motifs is 1. The lowest BCUT2D eigenvalue weighted by Gasteiger charge is -2.26. The molecular formula is C23H33N3O4. The maximum atomic E-state index is 12.9. The summed E-state index contributed by atoms with van der Waals surface area (Å²) in [5.41, 5.74) is 1.90. The summed E-state index contributed by atoms with van der Waals surface area (Å²) in [6.45, 7) is 7.40. The highest BCUT2D eigenvalue weighted by Crippen LogP contribution is 2.29. The third kappa shape index (κ3) is 5.12. The Morgan fingerprint density at radius 1 is 1.27 bits per heavy atom. The molecule has 7 heteroatoms. The molecule has 0 spiro atoms. The third-order valence-corrected chi connectivity index (χ3v) is 5.89. The Bertz CT molecular complexity index is 882. The molecule has 0 unspecified atom stereocenters. The van der Waals surface area contributed by atoms with E-state index < -0.39 is 0 Å². The van der Waals surface area contributed by atoms with Crippen molar-refractivity contribution in [1.29, 1.82) is 0 Å². The molecule has 7 nitrogen and oxygen atoms in total. The number of amides is 1. The third-order valence-electron chi connectivity index (χ3n) is 5.89. The van der Waals surface area contributed by atoms with Gasteiger partial charge in [-0.15, -0.1) is 0 Å². The van der Waals surface area contributed by atoms with E-state index >= 15 is 0 Å². The molecule has 164 valence electrons. The van der Waals surface area contributed by atoms with Crippen LogP contribution in [-0.4, -0.2) is 41.5 Å². The molecule has 0 atom stereocenters. The Kier molecular flexibility index (Phi) is 7.34. The maximum Gasteiger partial charge on any atom is 0.308 e. The van der Waals surface area contributed by atoms with Gasteiger partial charge < -0.3 is 14.8 Å². The second kappa shape index (κ2) is 9.96. The molecule has 1 amide bonds. The van der Waals surface area contributed by atoms with Crippen LogP contribution in [0, 0.1) is 24.7 Å². The molecule has 1 N–H and O–H groups in total. The average Bonchev–Trinajstić information content (AvgIpc) is 3.08. The van der Waals surface area contributed by atoms with Gasteiger partial charge in [0.15, 0.2) is 11.4 Å². The molecular weight excluding hydrogens is 382 g/mol. The van der Waals surface area contributed by atoms with E-state index in [2.05, 4.69) is 24.1 Å². The number of aryl methyl sites for hydroxylation is 1. The monoisotopic (exact) mass is 415 g/mol. The van der Waals surface area contributed by atoms with E-state index in [0.29, 0.717) is 47.8 Å². The number of hydrogen-bond donors (Lipinski definition) is 1. The van der Waals surface area contributed by atoms with Crippen molar-refractivity contribution >= 4 is 17.5 Å². The first-order valence-corrected chi connectivity index (χ1v) is 10.9. The number of rotatable bonds is 8. The molecule has 1 aliphatic carbocycles. The fraction of sp³-hybridized carbons (Fsp3) is 0.609. The van der Waals surface area contributed by atoms with Crippen LogP contribution in [0.2, 0.25) is 0 Å². The minimum Gasteiger partial charge on any atom is -0.490 e. The Hall–Kier alpha value is -2.57. The Labute approximate surface area is 178 Å². The van der Waals surface area contributed by atoms with Gasteiger partial charge in [0.1, 0.15) is 5.69 Å². The number of carbonyl (C=O) groups excluding carboxylic acids is 2. The van der Waals surface area contributed by atoms with Crippen LogP contribution in [-0.2, 0) is 9.53 Å². The normalized spacial score (nSPS) is 19.1. The summed E-state index contributed by atoms with van der Waals surface area (Å²) < 4.78 is 12.6. The topological polar surface area (TPSA) is 81.9 Å². The molecule has 0 saturated heterocycles. The van der Waals surface area contributed by atoms with Crippen molar-refractivity contribution in [2.75, 3.05) is 20.3 Å². The predicted octanol–water partition coefficient (Wildman–Crippen LogP) is 3.78. The van der Waals surface area contributed by atoms with Gasteiger partial charge in [0.25, 0.3) is 5.91 Å². The number of aromatic nitrogens is 2. The number of nitrogens with one attached hydrogen (secondary N) is 1. The zero-order chi connectivity index (χ0) is 21.7. The Morgan fingerprint density at radius 2 is 2.00 bits per heavy atom. The number of pyridine rings is 1. The summed E-state index contributed by atoms with van der Waals surface area (Å²) in [6.07, 6.45) is 6.28. The molecule has 1 aliphatic rings. The molecule has 1 saturated carbocycles. The first-order chi connectivity index (χ1) is 14.4. The van der Waals surface area contributed by atoms with Crippen molar-refractivity contribution in [1.82, 2.24) is 14.7 Å². The lowest BCUT2D eigenvalue weighted by molar-refractivity contribution is -0.146. The van der Waals surface area contributed by atoms with Crippen LogP contribution in [0.25, 0.3) is 5.65 Å². The molecule has 30 heavy (non-hydrogen) atoms. The van der Waals surface area contributed by atoms with Crippen molar-refractivity contribution in [2.24, 2.45) is 17.8 Å². The van der Waals surface area contributed by atoms with Gasteiger partial charge in [0, 0.05) is 12.7 Å². The summed E-state index contributed by atoms with van der Waals surface area (Å²) >= 11 is 0. The van der Waals surface area contributed by atoms with E-state index in [4.69, 9.17) is 9.47 Å². The number of carbonyl (C=O) groups is 2. The van der Waals surface area contributed by atoms with Crippen molar-refractivity contribution in [3.05, 3.63) is 29.7 Å². The fourth-order valence-electron chi connectivity index (χ4n) is 4.04. The Morgan fingerprint density at radius 3 is 2.67 bits per heavy atom. The van der Waals surface area contributed by atoms with Crippen molar-refractivity contribution in [3.63, 3.8) is 0 Å². The van der Waals surface area contributed by atoms with E-state index in [1.165, 1.54) is 7.11 Å². The summed E-state index contributed by atoms with van der Waals surface area (Å²) in [6, 6.07) is 3.77. The lowest BCUT2D eigenvalue weighted by atomic mass is 9.82. The second-order valence-corrected chi connectivity index (χ2v) is 8.59. The molecule has 0 aromatic carbocycles. The second-order valence-electron chi connectivity index (χ2n) is 8.59. The minimum absolute atomic E-state index is 0.00270. The number of nitrogens with zero attached hydrogens (tertiary/aromatic N) is 2. The van der Waals surface area contributed by atoms with Crippen LogP contribution in [0.15, 0.2) is 18.3 Å². The predicted molar refractivity (Wildman–Crippen MR) is 115 cm³/mol. The van der Waals surface area contributed by atoms with Crippen LogP contribution in [0.1, 0.15) is 62.1 Å². The van der Waals surface area contributed by atoms with Gasteiger partial charge in [-0.05, 0) is 63.0 Å². The van der Waals surface area contributed by atoms with Crippen LogP contribution in [0.4, 0.5) is 0 Å². The Balaban J connectivity index is 1.63. The maximum absolute atomic E-state index is 12.9. The summed E-state index contributed by atoms with van der Waals surface area (Å²) in [4.78, 5) is 29.2. The van der Waals surface area contributed by atoms with Crippen molar-refractivity contribution in [2.45, 2.75) is 52.9 Å². The molecule has 0 radical (unpaired) electrons. The number of ether oxygens (including phenoxy) is 2. The number of imidazole rings is 1. The summed E-state index contributed by atoms with van der Waals surface area (Å²) in [5, 5.41) is 3.07. The first kappa shape index (κ1) is 22.1. The van der Waals surface area contributed by atoms with Gasteiger partial charge in [-0.2, -0.15) is 0 Å². The van der Waals surface area contributed by atoms with Crippen molar-refractivity contribution < 1.29 is 19.1 Å². The van der Waals surface area contributed by atoms with Crippen LogP contribution in [0.3, 0.4) is 0 Å². The minimum atomic E-state index is -0.130. The summed E-state index contributed by atoms with van der Waals surface area (Å²) in [7, 11) is 1.44. The highest BCUT2D eigenvalue weighted by atomic mass is 16.5. The van der Waals surface area contributed by atoms with Crippen LogP contribution < -0.4 is 10.1 Å². The van der Waals surface area contributed by atoms with Gasteiger partial charge in [0.05, 0.1) is 25.3 Å². The van der Waals surface area contributed by atoms with Gasteiger partial charge in [-0.3, -0.25) is 14.0 Å². The molecule has 2 heterocycles. The average molecular weight is 416 g/mol. The van der Waals surface area contributed by atoms with Gasteiger partial charge in [-0.1, -0.05) is 13.8 Å². The molecule has 2 aromatic rings. The molecule has 1 fully saturated rings. The number of hydrogen-bond acceptors (Lipinski definition) is 5.